The molecule has 4 fully saturated rings. The van der Waals surface area contributed by atoms with E-state index < -0.39 is 17.8 Å². The predicted octanol–water partition coefficient (Wildman–Crippen LogP) is 9.82. The average molecular weight is 1810 g/mol. The van der Waals surface area contributed by atoms with E-state index >= 15 is 0 Å². The van der Waals surface area contributed by atoms with Crippen molar-refractivity contribution in [2.24, 2.45) is 17.6 Å². The number of nitrogen functional groups attached to an aromatic ring is 2. The number of ketones is 1. The fraction of sp³-hybridized carbons (Fsp3) is 0.260. The third-order valence-corrected chi connectivity index (χ3v) is 17.7. The molecule has 34 heteroatoms. The molecule has 14 nitrogen and oxygen atoms in total. The molecule has 2 saturated carbocycles. The van der Waals surface area contributed by atoms with E-state index in [1.807, 2.05) is 84.9 Å². The molecule has 4 aromatic heterocycles. The van der Waals surface area contributed by atoms with Gasteiger partial charge in [0.15, 0.2) is 0 Å². The number of alkyl halides is 4. The molecule has 6 aromatic carbocycles. The van der Waals surface area contributed by atoms with Crippen molar-refractivity contribution >= 4 is 499 Å². The number of nitrogens with zero attached hydrogens (tertiary/aromatic N) is 4. The van der Waals surface area contributed by atoms with Gasteiger partial charge in [-0.1, -0.05) is 60.7 Å². The number of hydrogen-bond donors (Lipinski definition) is 4. The molecule has 2 saturated heterocycles. The van der Waals surface area contributed by atoms with Crippen LogP contribution in [0, 0.1) is 23.5 Å². The molecule has 2 amide bonds. The number of carbonyl (C=O) groups is 4. The van der Waals surface area contributed by atoms with E-state index in [-0.39, 0.29) is 111 Å². The van der Waals surface area contributed by atoms with E-state index in [9.17, 15) is 45.5 Å². The van der Waals surface area contributed by atoms with Gasteiger partial charge in [0.25, 0.3) is 23.7 Å². The minimum absolute atomic E-state index is 0.0248. The molecule has 4 atom stereocenters. The summed E-state index contributed by atoms with van der Waals surface area (Å²) in [5.74, 6) is -4.93. The van der Waals surface area contributed by atoms with Gasteiger partial charge in [0.1, 0.15) is 51.7 Å². The number of likely N-dealkylation sites (tertiary alicyclic amines) is 2. The Balaban J connectivity index is 0.000000294. The number of aryl methyl sites for hydroxylation is 1. The Bertz CT molecular complexity index is 4460. The number of anilines is 2. The number of piperidine rings is 2. The van der Waals surface area contributed by atoms with Crippen molar-refractivity contribution in [1.82, 2.24) is 19.8 Å². The zero-order chi connectivity index (χ0) is 79.3. The van der Waals surface area contributed by atoms with Crippen molar-refractivity contribution in [3.05, 3.63) is 216 Å². The fourth-order valence-electron chi connectivity index (χ4n) is 12.2. The summed E-state index contributed by atoms with van der Waals surface area (Å²) in [7, 11) is 0. The Kier molecular flexibility index (Phi) is 61.9. The number of furan rings is 2. The number of carbonyl (C=O) groups excluding carboxylic acids is 3. The van der Waals surface area contributed by atoms with Gasteiger partial charge in [-0.2, -0.15) is 0 Å². The molecular formula is C73H65F6K14N7O7. The van der Waals surface area contributed by atoms with Gasteiger partial charge >= 0.3 is 448 Å². The standard InChI is InChI=1S/C37H32F3N3O3.C27H23F3N2O2.C9H10N2O2.14K/c38-28-3-1-2-24(17-28)31-19-26(22-4-6-23(7-5-22)36(45)43-14-12-37(39,40)13-15-43)16-27-18-29(46-35(27)31)9-10-33(44)32-20-30(32)25-8-11-34(41)42-21-25;28-22-3-1-2-19(13-22)24-15-20(12-21-14-23(16-31)34-25(21)24)17-4-6-18(7-5-17)26(33)32-10-8-27(29,30)9-11-32;10-8-2-1-5(4-11-8)6-3-7(6)9(12)13;;;;;;;;;;;;;;/h1-8,11,16-19,21,30,32H,9-10,12-15,20H2,(H2,41,42);1-7,12-15H,8-11,16,31H2;1-2,4,6-7H,3H2,(H2,10,11)(H,12,13);;;;;;;;;;;;;;/t30-,32+;;6-,7+;;;;;;;;;;;;;;/m1.1............../s1. The van der Waals surface area contributed by atoms with Crippen LogP contribution in [0.1, 0.15) is 100 Å². The predicted molar refractivity (Wildman–Crippen MR) is 423 cm³/mol. The molecule has 0 unspecified atom stereocenters. The zero-order valence-electron chi connectivity index (χ0n) is 64.4. The molecule has 2 aliphatic heterocycles. The number of benzene rings is 6. The molecule has 490 valence electrons. The second kappa shape index (κ2) is 60.0. The minimum atomic E-state index is -2.72. The number of aromatic nitrogens is 2. The number of rotatable bonds is 14. The van der Waals surface area contributed by atoms with Crippen LogP contribution in [-0.4, -0.2) is 529 Å². The molecule has 0 radical (unpaired) electrons. The van der Waals surface area contributed by atoms with Crippen molar-refractivity contribution in [3.63, 3.8) is 0 Å². The van der Waals surface area contributed by atoms with Crippen LogP contribution in [0.5, 0.6) is 0 Å². The number of nitrogens with two attached hydrogens (primary N) is 3. The second-order valence-electron chi connectivity index (χ2n) is 24.2. The molecule has 0 spiro atoms. The number of aliphatic carboxylic acids is 1. The van der Waals surface area contributed by atoms with Crippen LogP contribution in [0.3, 0.4) is 0 Å². The zero-order valence-corrected chi connectivity index (χ0v) is 108. The van der Waals surface area contributed by atoms with Crippen LogP contribution in [0.15, 0.2) is 179 Å². The molecular weight excluding hydrogens is 1750 g/mol. The van der Waals surface area contributed by atoms with E-state index in [0.717, 1.165) is 62.6 Å². The van der Waals surface area contributed by atoms with E-state index in [2.05, 4.69) is 9.97 Å². The van der Waals surface area contributed by atoms with Gasteiger partial charge in [0.05, 0.1) is 12.5 Å². The van der Waals surface area contributed by atoms with E-state index in [1.54, 1.807) is 60.9 Å². The summed E-state index contributed by atoms with van der Waals surface area (Å²) >= 11 is 17.5. The second-order valence-corrected chi connectivity index (χ2v) is 24.2. The van der Waals surface area contributed by atoms with Crippen molar-refractivity contribution in [3.8, 4) is 44.5 Å². The molecule has 7 N–H and O–H groups in total. The summed E-state index contributed by atoms with van der Waals surface area (Å²) in [6, 6.07) is 45.5. The third kappa shape index (κ3) is 36.1. The summed E-state index contributed by atoms with van der Waals surface area (Å²) in [4.78, 5) is 60.3. The fourth-order valence-corrected chi connectivity index (χ4v) is 12.2. The molecule has 2 aliphatic carbocycles. The van der Waals surface area contributed by atoms with Gasteiger partial charge in [-0.05, 0) is 166 Å². The Labute approximate surface area is 938 Å². The first-order valence-electron chi connectivity index (χ1n) is 37.7. The average Bonchev–Trinajstić information content (AvgIpc) is 1.77. The molecule has 14 rings (SSSR count). The first-order chi connectivity index (χ1) is 51.6. The topological polar surface area (TPSA) is 225 Å². The SMILES string of the molecule is NCc1cc2cc(-c3ccc(C(=O)N4CCC(F)(F)CC4)cc3)cc(-c3cccc(F)c3)c2o1.Nc1ccc([C@H]2C[C@@H]2C(=O)CCc2cc3cc(-c4ccc(C(=O)N5CCC(F)(F)CC5)cc4)cc(-c4cccc(F)c4)c3o2)cn1.Nc1ccc([C@H]2C[C@@H]2C(=O)O)cn1.[K][K].[K][K].[K][K].[K][K].[K][K].[K][K].[K][K]. The molecule has 107 heavy (non-hydrogen) atoms. The maximum atomic E-state index is 14.3. The van der Waals surface area contributed by atoms with Gasteiger partial charge in [0, 0.05) is 116 Å². The van der Waals surface area contributed by atoms with Crippen LogP contribution in [0.25, 0.3) is 66.4 Å². The number of halogens is 6. The number of fused-ring (bicyclic) bond motifs is 2. The van der Waals surface area contributed by atoms with Crippen molar-refractivity contribution < 1.29 is 59.5 Å². The Morgan fingerprint density at radius 1 is 0.467 bits per heavy atom. The number of carboxylic acids is 1. The van der Waals surface area contributed by atoms with Crippen LogP contribution in [0.4, 0.5) is 38.0 Å². The van der Waals surface area contributed by atoms with E-state index in [1.165, 1.54) is 476 Å². The molecule has 0 bridgehead atoms. The van der Waals surface area contributed by atoms with Crippen LogP contribution in [0.2, 0.25) is 0 Å². The summed E-state index contributed by atoms with van der Waals surface area (Å²) in [5.41, 5.74) is 27.1. The van der Waals surface area contributed by atoms with Crippen LogP contribution in [-0.2, 0) is 22.6 Å². The van der Waals surface area contributed by atoms with Crippen LogP contribution >= 0.6 is 0 Å². The van der Waals surface area contributed by atoms with Gasteiger partial charge in [-0.3, -0.25) is 19.2 Å². The summed E-state index contributed by atoms with van der Waals surface area (Å²) in [6.45, 7) is 0.385. The first kappa shape index (κ1) is 110. The summed E-state index contributed by atoms with van der Waals surface area (Å²) < 4.78 is 94.5. The number of carboxylic acid groups (broad SMARTS) is 1. The Morgan fingerprint density at radius 3 is 1.20 bits per heavy atom. The monoisotopic (exact) mass is 1810 g/mol. The van der Waals surface area contributed by atoms with Gasteiger partial charge in [-0.15, -0.1) is 0 Å². The Morgan fingerprint density at radius 2 is 0.841 bits per heavy atom. The van der Waals surface area contributed by atoms with Crippen molar-refractivity contribution in [2.45, 2.75) is 81.6 Å². The number of pyridine rings is 2. The van der Waals surface area contributed by atoms with E-state index in [4.69, 9.17) is 31.1 Å². The van der Waals surface area contributed by atoms with Crippen LogP contribution < -0.4 is 17.2 Å². The normalized spacial score (nSPS) is 16.7. The molecule has 4 aliphatic rings. The molecule has 10 aromatic rings. The number of Topliss-reactive ketones (excluding diaryl/α,β-unsaturated/α-hetero) is 1. The molecule has 6 heterocycles. The summed E-state index contributed by atoms with van der Waals surface area (Å²) in [5, 5.41) is 10.3. The van der Waals surface area contributed by atoms with Crippen molar-refractivity contribution in [2.75, 3.05) is 37.6 Å². The van der Waals surface area contributed by atoms with Gasteiger partial charge in [0.2, 0.25) is 0 Å². The first-order valence-corrected chi connectivity index (χ1v) is 150. The van der Waals surface area contributed by atoms with Crippen molar-refractivity contribution in [1.29, 1.82) is 0 Å². The van der Waals surface area contributed by atoms with Gasteiger partial charge in [-0.25, -0.2) is 36.3 Å². The quantitative estimate of drug-likeness (QED) is 0.0590. The number of hydrogen-bond acceptors (Lipinski definition) is 11. The maximum absolute atomic E-state index is 14.3. The summed E-state index contributed by atoms with van der Waals surface area (Å²) in [6.07, 6.45) is 4.42. The third-order valence-electron chi connectivity index (χ3n) is 17.7. The van der Waals surface area contributed by atoms with E-state index in [0.29, 0.717) is 75.0 Å². The number of amides is 2. The van der Waals surface area contributed by atoms with Gasteiger partial charge < -0.3 is 40.9 Å². The Hall–Kier alpha value is 12.8.